The third kappa shape index (κ3) is 3.64. The molecule has 1 atom stereocenters. The molecule has 0 amide bonds. The fourth-order valence-electron chi connectivity index (χ4n) is 1.55. The molecule has 1 aromatic carbocycles. The molecule has 0 fully saturated rings. The van der Waals surface area contributed by atoms with Crippen molar-refractivity contribution in [3.05, 3.63) is 29.3 Å². The Morgan fingerprint density at radius 3 is 2.76 bits per heavy atom. The Morgan fingerprint density at radius 1 is 1.53 bits per heavy atom. The molecule has 0 bridgehead atoms. The van der Waals surface area contributed by atoms with Crippen LogP contribution in [0.5, 0.6) is 5.75 Å². The van der Waals surface area contributed by atoms with Gasteiger partial charge >= 0.3 is 0 Å². The van der Waals surface area contributed by atoms with E-state index in [1.54, 1.807) is 19.2 Å². The minimum absolute atomic E-state index is 0.0193. The topological polar surface area (TPSA) is 77.1 Å². The molecule has 94 valence electrons. The molecule has 5 heteroatoms. The van der Waals surface area contributed by atoms with Crippen LogP contribution in [0.2, 0.25) is 0 Å². The van der Waals surface area contributed by atoms with Crippen molar-refractivity contribution in [1.29, 1.82) is 0 Å². The van der Waals surface area contributed by atoms with Crippen molar-refractivity contribution >= 4 is 5.84 Å². The van der Waals surface area contributed by atoms with Gasteiger partial charge in [-0.2, -0.15) is 0 Å². The molecule has 0 spiro atoms. The summed E-state index contributed by atoms with van der Waals surface area (Å²) in [5.41, 5.74) is 7.12. The Hall–Kier alpha value is -1.75. The number of methoxy groups -OCH3 is 1. The molecule has 0 radical (unpaired) electrons. The maximum Gasteiger partial charge on any atom is 0.170 e. The van der Waals surface area contributed by atoms with Crippen LogP contribution in [-0.4, -0.2) is 30.9 Å². The lowest BCUT2D eigenvalue weighted by atomic mass is 10.1. The summed E-state index contributed by atoms with van der Waals surface area (Å²) in [5, 5.41) is 11.6. The van der Waals surface area contributed by atoms with Gasteiger partial charge in [-0.05, 0) is 37.6 Å². The molecule has 0 aliphatic carbocycles. The largest absolute Gasteiger partial charge is 0.488 e. The zero-order valence-electron chi connectivity index (χ0n) is 10.3. The van der Waals surface area contributed by atoms with Crippen LogP contribution in [0.3, 0.4) is 0 Å². The molecule has 0 saturated heterocycles. The highest BCUT2D eigenvalue weighted by Crippen LogP contribution is 2.18. The Morgan fingerprint density at radius 2 is 2.24 bits per heavy atom. The number of hydrogen-bond acceptors (Lipinski definition) is 4. The molecule has 3 N–H and O–H groups in total. The lowest BCUT2D eigenvalue weighted by molar-refractivity contribution is 0.0920. The monoisotopic (exact) mass is 238 g/mol. The first-order chi connectivity index (χ1) is 8.08. The summed E-state index contributed by atoms with van der Waals surface area (Å²) in [6.45, 7) is 4.33. The molecule has 1 aromatic rings. The van der Waals surface area contributed by atoms with E-state index in [4.69, 9.17) is 20.4 Å². The Balaban J connectivity index is 2.82. The summed E-state index contributed by atoms with van der Waals surface area (Å²) >= 11 is 0. The van der Waals surface area contributed by atoms with Crippen LogP contribution in [0.25, 0.3) is 0 Å². The fourth-order valence-corrected chi connectivity index (χ4v) is 1.55. The van der Waals surface area contributed by atoms with Gasteiger partial charge in [-0.25, -0.2) is 0 Å². The SMILES string of the molecule is COCC(C)Oc1ccc(/C(N)=N/O)c(C)c1. The number of amidine groups is 1. The average molecular weight is 238 g/mol. The number of rotatable bonds is 5. The van der Waals surface area contributed by atoms with Gasteiger partial charge in [0.1, 0.15) is 11.9 Å². The molecule has 0 saturated carbocycles. The second-order valence-electron chi connectivity index (χ2n) is 3.85. The molecule has 0 aliphatic rings. The number of nitrogens with two attached hydrogens (primary N) is 1. The first-order valence-corrected chi connectivity index (χ1v) is 5.32. The van der Waals surface area contributed by atoms with Gasteiger partial charge in [0.05, 0.1) is 6.61 Å². The Bertz CT molecular complexity index is 405. The summed E-state index contributed by atoms with van der Waals surface area (Å²) in [4.78, 5) is 0. The maximum atomic E-state index is 8.61. The van der Waals surface area contributed by atoms with E-state index in [0.29, 0.717) is 12.2 Å². The van der Waals surface area contributed by atoms with Gasteiger partial charge in [-0.3, -0.25) is 0 Å². The van der Waals surface area contributed by atoms with Crippen molar-refractivity contribution in [2.24, 2.45) is 10.9 Å². The highest BCUT2D eigenvalue weighted by atomic mass is 16.5. The van der Waals surface area contributed by atoms with Crippen molar-refractivity contribution in [2.75, 3.05) is 13.7 Å². The number of hydrogen-bond donors (Lipinski definition) is 2. The third-order valence-corrected chi connectivity index (χ3v) is 2.32. The van der Waals surface area contributed by atoms with Gasteiger partial charge in [-0.15, -0.1) is 0 Å². The van der Waals surface area contributed by atoms with E-state index in [1.807, 2.05) is 19.9 Å². The van der Waals surface area contributed by atoms with Gasteiger partial charge in [-0.1, -0.05) is 5.16 Å². The zero-order chi connectivity index (χ0) is 12.8. The molecule has 0 heterocycles. The van der Waals surface area contributed by atoms with E-state index < -0.39 is 0 Å². The average Bonchev–Trinajstić information content (AvgIpc) is 2.28. The van der Waals surface area contributed by atoms with Crippen LogP contribution in [0, 0.1) is 6.92 Å². The smallest absolute Gasteiger partial charge is 0.170 e. The van der Waals surface area contributed by atoms with Gasteiger partial charge in [0.15, 0.2) is 5.84 Å². The summed E-state index contributed by atoms with van der Waals surface area (Å²) in [7, 11) is 1.63. The highest BCUT2D eigenvalue weighted by molar-refractivity contribution is 5.98. The normalized spacial score (nSPS) is 13.5. The van der Waals surface area contributed by atoms with Crippen molar-refractivity contribution in [2.45, 2.75) is 20.0 Å². The van der Waals surface area contributed by atoms with Gasteiger partial charge in [0, 0.05) is 12.7 Å². The van der Waals surface area contributed by atoms with Crippen LogP contribution in [0.15, 0.2) is 23.4 Å². The van der Waals surface area contributed by atoms with Crippen LogP contribution < -0.4 is 10.5 Å². The second kappa shape index (κ2) is 6.10. The third-order valence-electron chi connectivity index (χ3n) is 2.32. The van der Waals surface area contributed by atoms with Crippen molar-refractivity contribution in [1.82, 2.24) is 0 Å². The van der Waals surface area contributed by atoms with Crippen LogP contribution in [-0.2, 0) is 4.74 Å². The molecule has 17 heavy (non-hydrogen) atoms. The highest BCUT2D eigenvalue weighted by Gasteiger charge is 2.07. The lowest BCUT2D eigenvalue weighted by Gasteiger charge is -2.15. The molecule has 5 nitrogen and oxygen atoms in total. The first-order valence-electron chi connectivity index (χ1n) is 5.32. The fraction of sp³-hybridized carbons (Fsp3) is 0.417. The zero-order valence-corrected chi connectivity index (χ0v) is 10.3. The number of benzene rings is 1. The molecule has 1 unspecified atom stereocenters. The van der Waals surface area contributed by atoms with Gasteiger partial charge < -0.3 is 20.4 Å². The maximum absolute atomic E-state index is 8.61. The molecule has 0 aromatic heterocycles. The van der Waals surface area contributed by atoms with Crippen LogP contribution >= 0.6 is 0 Å². The standard InChI is InChI=1S/C12H18N2O3/c1-8-6-10(17-9(2)7-16-3)4-5-11(8)12(13)14-15/h4-6,9,15H,7H2,1-3H3,(H2,13,14). The van der Waals surface area contributed by atoms with E-state index >= 15 is 0 Å². The number of aryl methyl sites for hydroxylation is 1. The Kier molecular flexibility index (Phi) is 4.78. The van der Waals surface area contributed by atoms with Gasteiger partial charge in [0.25, 0.3) is 0 Å². The predicted octanol–water partition coefficient (Wildman–Crippen LogP) is 1.50. The van der Waals surface area contributed by atoms with E-state index in [9.17, 15) is 0 Å². The van der Waals surface area contributed by atoms with Crippen LogP contribution in [0.1, 0.15) is 18.1 Å². The Labute approximate surface area is 101 Å². The van der Waals surface area contributed by atoms with Crippen molar-refractivity contribution in [3.63, 3.8) is 0 Å². The lowest BCUT2D eigenvalue weighted by Crippen LogP contribution is -2.18. The molecule has 0 aliphatic heterocycles. The minimum Gasteiger partial charge on any atom is -0.488 e. The quantitative estimate of drug-likeness (QED) is 0.353. The van der Waals surface area contributed by atoms with E-state index in [2.05, 4.69) is 5.16 Å². The summed E-state index contributed by atoms with van der Waals surface area (Å²) in [6.07, 6.45) is -0.0193. The van der Waals surface area contributed by atoms with Crippen molar-refractivity contribution in [3.8, 4) is 5.75 Å². The molecular weight excluding hydrogens is 220 g/mol. The first kappa shape index (κ1) is 13.3. The predicted molar refractivity (Wildman–Crippen MR) is 65.7 cm³/mol. The van der Waals surface area contributed by atoms with Crippen LogP contribution in [0.4, 0.5) is 0 Å². The van der Waals surface area contributed by atoms with E-state index in [-0.39, 0.29) is 11.9 Å². The number of oxime groups is 1. The van der Waals surface area contributed by atoms with E-state index in [1.165, 1.54) is 0 Å². The van der Waals surface area contributed by atoms with Gasteiger partial charge in [0.2, 0.25) is 0 Å². The number of ether oxygens (including phenoxy) is 2. The molecule has 1 rings (SSSR count). The summed E-state index contributed by atoms with van der Waals surface area (Å²) < 4.78 is 10.6. The minimum atomic E-state index is -0.0193. The number of nitrogens with zero attached hydrogens (tertiary/aromatic N) is 1. The summed E-state index contributed by atoms with van der Waals surface area (Å²) in [5.74, 6) is 0.834. The summed E-state index contributed by atoms with van der Waals surface area (Å²) in [6, 6.07) is 5.39. The molecular formula is C12H18N2O3. The van der Waals surface area contributed by atoms with E-state index in [0.717, 1.165) is 11.3 Å². The van der Waals surface area contributed by atoms with Crippen molar-refractivity contribution < 1.29 is 14.7 Å². The second-order valence-corrected chi connectivity index (χ2v) is 3.85.